The van der Waals surface area contributed by atoms with Crippen molar-refractivity contribution in [2.45, 2.75) is 24.4 Å². The number of aromatic nitrogens is 2. The number of aromatic amines is 1. The molecule has 1 N–H and O–H groups in total. The van der Waals surface area contributed by atoms with Crippen molar-refractivity contribution in [1.29, 1.82) is 0 Å². The molecule has 19 heavy (non-hydrogen) atoms. The third-order valence-electron chi connectivity index (χ3n) is 3.24. The molecule has 1 aliphatic heterocycles. The molecule has 3 rings (SSSR count). The van der Waals surface area contributed by atoms with Gasteiger partial charge in [0.05, 0.1) is 22.0 Å². The molecule has 1 aromatic carbocycles. The second-order valence-corrected chi connectivity index (χ2v) is 5.75. The summed E-state index contributed by atoms with van der Waals surface area (Å²) in [5.41, 5.74) is -1.01. The monoisotopic (exact) mass is 288 g/mol. The summed E-state index contributed by atoms with van der Waals surface area (Å²) >= 11 is 1.52. The lowest BCUT2D eigenvalue weighted by molar-refractivity contribution is -0.136. The average Bonchev–Trinajstić information content (AvgIpc) is 2.92. The van der Waals surface area contributed by atoms with Crippen molar-refractivity contribution in [2.75, 3.05) is 5.75 Å². The van der Waals surface area contributed by atoms with Gasteiger partial charge < -0.3 is 4.98 Å². The molecule has 0 spiro atoms. The molecule has 0 radical (unpaired) electrons. The molecule has 1 aromatic heterocycles. The van der Waals surface area contributed by atoms with Gasteiger partial charge in [-0.1, -0.05) is 6.07 Å². The normalized spacial score (nSPS) is 20.3. The quantitative estimate of drug-likeness (QED) is 0.873. The van der Waals surface area contributed by atoms with Crippen LogP contribution in [0.1, 0.15) is 23.8 Å². The van der Waals surface area contributed by atoms with Gasteiger partial charge in [-0.3, -0.25) is 4.57 Å². The van der Waals surface area contributed by atoms with Crippen LogP contribution < -0.4 is 5.69 Å². The van der Waals surface area contributed by atoms with Crippen LogP contribution in [0.15, 0.2) is 23.0 Å². The summed E-state index contributed by atoms with van der Waals surface area (Å²) < 4.78 is 40.4. The van der Waals surface area contributed by atoms with E-state index in [0.717, 1.165) is 24.7 Å². The molecule has 102 valence electrons. The van der Waals surface area contributed by atoms with E-state index in [0.29, 0.717) is 0 Å². The number of nitrogens with zero attached hydrogens (tertiary/aromatic N) is 1. The molecule has 0 amide bonds. The van der Waals surface area contributed by atoms with Gasteiger partial charge in [-0.2, -0.15) is 13.2 Å². The number of thioether (sulfide) groups is 1. The number of alkyl halides is 3. The predicted octanol–water partition coefficient (Wildman–Crippen LogP) is 3.37. The summed E-state index contributed by atoms with van der Waals surface area (Å²) in [7, 11) is 0. The Morgan fingerprint density at radius 2 is 2.16 bits per heavy atom. The maximum atomic E-state index is 13.1. The zero-order chi connectivity index (χ0) is 13.6. The fourth-order valence-electron chi connectivity index (χ4n) is 2.45. The van der Waals surface area contributed by atoms with Crippen LogP contribution in [-0.2, 0) is 6.18 Å². The second kappa shape index (κ2) is 4.33. The Hall–Kier alpha value is -1.37. The van der Waals surface area contributed by atoms with Gasteiger partial charge in [0.1, 0.15) is 0 Å². The van der Waals surface area contributed by atoms with E-state index in [4.69, 9.17) is 0 Å². The number of benzene rings is 1. The number of halogens is 3. The van der Waals surface area contributed by atoms with Crippen LogP contribution in [0, 0.1) is 0 Å². The number of para-hydroxylation sites is 1. The molecular weight excluding hydrogens is 277 g/mol. The molecule has 0 aliphatic carbocycles. The number of fused-ring (bicyclic) bond motifs is 1. The van der Waals surface area contributed by atoms with Gasteiger partial charge in [-0.05, 0) is 30.7 Å². The summed E-state index contributed by atoms with van der Waals surface area (Å²) in [5, 5.41) is -0.204. The number of rotatable bonds is 1. The highest BCUT2D eigenvalue weighted by Crippen LogP contribution is 2.40. The second-order valence-electron chi connectivity index (χ2n) is 4.47. The Morgan fingerprint density at radius 1 is 1.37 bits per heavy atom. The van der Waals surface area contributed by atoms with Crippen LogP contribution in [0.5, 0.6) is 0 Å². The van der Waals surface area contributed by atoms with E-state index in [-0.39, 0.29) is 16.4 Å². The fraction of sp³-hybridized carbons (Fsp3) is 0.417. The van der Waals surface area contributed by atoms with E-state index < -0.39 is 17.4 Å². The van der Waals surface area contributed by atoms with E-state index in [9.17, 15) is 18.0 Å². The van der Waals surface area contributed by atoms with Crippen LogP contribution in [-0.4, -0.2) is 15.3 Å². The van der Waals surface area contributed by atoms with Crippen molar-refractivity contribution in [3.8, 4) is 0 Å². The molecule has 0 saturated carbocycles. The molecule has 1 saturated heterocycles. The average molecular weight is 288 g/mol. The summed E-state index contributed by atoms with van der Waals surface area (Å²) in [6.45, 7) is 0. The SMILES string of the molecule is O=c1[nH]c2cccc(C(F)(F)F)c2n1C1CCCS1. The van der Waals surface area contributed by atoms with Crippen LogP contribution in [0.2, 0.25) is 0 Å². The van der Waals surface area contributed by atoms with Gasteiger partial charge in [0.15, 0.2) is 0 Å². The molecular formula is C12H11F3N2OS. The van der Waals surface area contributed by atoms with Crippen LogP contribution in [0.3, 0.4) is 0 Å². The van der Waals surface area contributed by atoms with Crippen molar-refractivity contribution in [1.82, 2.24) is 9.55 Å². The van der Waals surface area contributed by atoms with Gasteiger partial charge in [0.2, 0.25) is 0 Å². The first kappa shape index (κ1) is 12.7. The minimum absolute atomic E-state index is 0.0283. The lowest BCUT2D eigenvalue weighted by Gasteiger charge is -2.14. The van der Waals surface area contributed by atoms with Crippen molar-refractivity contribution in [3.05, 3.63) is 34.2 Å². The molecule has 0 bridgehead atoms. The first-order chi connectivity index (χ1) is 8.98. The van der Waals surface area contributed by atoms with E-state index in [2.05, 4.69) is 4.98 Å². The number of hydrogen-bond donors (Lipinski definition) is 1. The summed E-state index contributed by atoms with van der Waals surface area (Å²) in [6, 6.07) is 3.83. The lowest BCUT2D eigenvalue weighted by atomic mass is 10.1. The molecule has 7 heteroatoms. The minimum Gasteiger partial charge on any atom is -0.305 e. The zero-order valence-corrected chi connectivity index (χ0v) is 10.6. The number of hydrogen-bond acceptors (Lipinski definition) is 2. The maximum absolute atomic E-state index is 13.1. The van der Waals surface area contributed by atoms with Crippen molar-refractivity contribution in [3.63, 3.8) is 0 Å². The first-order valence-corrected chi connectivity index (χ1v) is 6.95. The highest BCUT2D eigenvalue weighted by Gasteiger charge is 2.35. The maximum Gasteiger partial charge on any atom is 0.418 e. The van der Waals surface area contributed by atoms with Gasteiger partial charge in [-0.25, -0.2) is 4.79 Å². The Bertz CT molecular complexity index is 668. The van der Waals surface area contributed by atoms with Gasteiger partial charge in [0.25, 0.3) is 0 Å². The molecule has 2 heterocycles. The molecule has 2 aromatic rings. The Morgan fingerprint density at radius 3 is 2.79 bits per heavy atom. The number of imidazole rings is 1. The summed E-state index contributed by atoms with van der Waals surface area (Å²) in [5.74, 6) is 0.873. The van der Waals surface area contributed by atoms with Gasteiger partial charge in [0, 0.05) is 0 Å². The molecule has 3 nitrogen and oxygen atoms in total. The van der Waals surface area contributed by atoms with Crippen LogP contribution in [0.4, 0.5) is 13.2 Å². The molecule has 1 unspecified atom stereocenters. The van der Waals surface area contributed by atoms with Gasteiger partial charge >= 0.3 is 11.9 Å². The van der Waals surface area contributed by atoms with E-state index in [1.54, 1.807) is 0 Å². The van der Waals surface area contributed by atoms with Crippen LogP contribution >= 0.6 is 11.8 Å². The molecule has 1 fully saturated rings. The topological polar surface area (TPSA) is 37.8 Å². The first-order valence-electron chi connectivity index (χ1n) is 5.90. The lowest BCUT2D eigenvalue weighted by Crippen LogP contribution is -2.20. The molecule has 1 aliphatic rings. The van der Waals surface area contributed by atoms with Gasteiger partial charge in [-0.15, -0.1) is 11.8 Å². The standard InChI is InChI=1S/C12H11F3N2OS/c13-12(14,15)7-3-1-4-8-10(7)17(11(18)16-8)9-5-2-6-19-9/h1,3-4,9H,2,5-6H2,(H,16,18). The van der Waals surface area contributed by atoms with E-state index in [1.165, 1.54) is 28.5 Å². The van der Waals surface area contributed by atoms with Crippen molar-refractivity contribution < 1.29 is 13.2 Å². The van der Waals surface area contributed by atoms with Crippen molar-refractivity contribution in [2.24, 2.45) is 0 Å². The third kappa shape index (κ3) is 2.05. The third-order valence-corrected chi connectivity index (χ3v) is 4.59. The Labute approximate surface area is 110 Å². The Kier molecular flexibility index (Phi) is 2.88. The Balaban J connectivity index is 2.31. The fourth-order valence-corrected chi connectivity index (χ4v) is 3.74. The van der Waals surface area contributed by atoms with E-state index in [1.807, 2.05) is 0 Å². The summed E-state index contributed by atoms with van der Waals surface area (Å²) in [4.78, 5) is 14.4. The highest BCUT2D eigenvalue weighted by atomic mass is 32.2. The largest absolute Gasteiger partial charge is 0.418 e. The predicted molar refractivity (Wildman–Crippen MR) is 68.3 cm³/mol. The highest BCUT2D eigenvalue weighted by molar-refractivity contribution is 7.99. The van der Waals surface area contributed by atoms with E-state index >= 15 is 0 Å². The summed E-state index contributed by atoms with van der Waals surface area (Å²) in [6.07, 6.45) is -2.81. The number of nitrogens with one attached hydrogen (secondary N) is 1. The molecule has 1 atom stereocenters. The zero-order valence-electron chi connectivity index (χ0n) is 9.83. The smallest absolute Gasteiger partial charge is 0.305 e. The van der Waals surface area contributed by atoms with Crippen molar-refractivity contribution >= 4 is 22.8 Å². The van der Waals surface area contributed by atoms with Crippen LogP contribution in [0.25, 0.3) is 11.0 Å². The minimum atomic E-state index is -4.46. The number of H-pyrrole nitrogens is 1.